The highest BCUT2D eigenvalue weighted by Gasteiger charge is 2.19. The number of hydrogen-bond acceptors (Lipinski definition) is 5. The summed E-state index contributed by atoms with van der Waals surface area (Å²) in [7, 11) is 0. The molecule has 0 amide bonds. The maximum Gasteiger partial charge on any atom is 0.123 e. The normalized spacial score (nSPS) is 16.4. The smallest absolute Gasteiger partial charge is 0.123 e. The molecule has 34 heavy (non-hydrogen) atoms. The minimum Gasteiger partial charge on any atom is -0.376 e. The fraction of sp³-hybridized carbons (Fsp3) is 0.333. The molecule has 6 nitrogen and oxygen atoms in total. The van der Waals surface area contributed by atoms with Crippen LogP contribution < -0.4 is 16.0 Å². The number of nitrogens with zero attached hydrogens (tertiary/aromatic N) is 2. The molecule has 0 bridgehead atoms. The van der Waals surface area contributed by atoms with Gasteiger partial charge < -0.3 is 20.9 Å². The van der Waals surface area contributed by atoms with Crippen molar-refractivity contribution in [1.29, 1.82) is 0 Å². The third kappa shape index (κ3) is 6.03. The lowest BCUT2D eigenvalue weighted by Crippen LogP contribution is -2.26. The molecule has 2 aromatic carbocycles. The fourth-order valence-corrected chi connectivity index (χ4v) is 4.73. The summed E-state index contributed by atoms with van der Waals surface area (Å²) in [5.41, 5.74) is 6.35. The van der Waals surface area contributed by atoms with E-state index in [0.29, 0.717) is 6.04 Å². The fourth-order valence-electron chi connectivity index (χ4n) is 4.17. The summed E-state index contributed by atoms with van der Waals surface area (Å²) in [4.78, 5) is 12.3. The molecule has 1 unspecified atom stereocenters. The van der Waals surface area contributed by atoms with Gasteiger partial charge in [-0.1, -0.05) is 55.5 Å². The standard InChI is InChI=1S/C27H33BrN6/c1-3-14-30-16-17-32-26(28)25(29-2)22-12-8-20(9-13-22)19-6-10-21(11-7-19)24-18-33-27(34-24)23-5-4-15-31-23/h6-13,18,23,30-32H,2-5,14-17H2,1H3,(H,33,34)/b26-25-. The van der Waals surface area contributed by atoms with Gasteiger partial charge in [0.2, 0.25) is 0 Å². The number of imidazole rings is 1. The maximum atomic E-state index is 4.59. The Kier molecular flexibility index (Phi) is 8.68. The maximum absolute atomic E-state index is 4.59. The molecule has 1 aliphatic rings. The second-order valence-corrected chi connectivity index (χ2v) is 9.28. The Morgan fingerprint density at radius 3 is 2.41 bits per heavy atom. The van der Waals surface area contributed by atoms with Gasteiger partial charge in [0.1, 0.15) is 10.4 Å². The van der Waals surface area contributed by atoms with Crippen LogP contribution in [0.25, 0.3) is 28.1 Å². The van der Waals surface area contributed by atoms with Crippen LogP contribution in [0.3, 0.4) is 0 Å². The number of aromatic amines is 1. The van der Waals surface area contributed by atoms with Gasteiger partial charge in [0.15, 0.2) is 0 Å². The van der Waals surface area contributed by atoms with E-state index in [9.17, 15) is 0 Å². The van der Waals surface area contributed by atoms with E-state index in [-0.39, 0.29) is 0 Å². The second kappa shape index (κ2) is 12.1. The van der Waals surface area contributed by atoms with Crippen LogP contribution in [0.15, 0.2) is 64.3 Å². The van der Waals surface area contributed by atoms with Crippen LogP contribution in [0.1, 0.15) is 43.6 Å². The number of hydrogen-bond donors (Lipinski definition) is 4. The third-order valence-corrected chi connectivity index (χ3v) is 6.70. The van der Waals surface area contributed by atoms with E-state index in [1.807, 2.05) is 6.20 Å². The van der Waals surface area contributed by atoms with Crippen molar-refractivity contribution in [3.8, 4) is 22.4 Å². The number of halogens is 1. The molecule has 2 heterocycles. The summed E-state index contributed by atoms with van der Waals surface area (Å²) < 4.78 is 0.852. The summed E-state index contributed by atoms with van der Waals surface area (Å²) >= 11 is 3.62. The minimum atomic E-state index is 0.350. The van der Waals surface area contributed by atoms with Crippen molar-refractivity contribution in [2.75, 3.05) is 26.2 Å². The summed E-state index contributed by atoms with van der Waals surface area (Å²) in [6, 6.07) is 17.4. The van der Waals surface area contributed by atoms with Crippen LogP contribution in [0.4, 0.5) is 0 Å². The Bertz CT molecular complexity index is 1090. The lowest BCUT2D eigenvalue weighted by molar-refractivity contribution is 0.613. The molecule has 0 aliphatic carbocycles. The molecule has 0 radical (unpaired) electrons. The molecular formula is C27H33BrN6. The van der Waals surface area contributed by atoms with Gasteiger partial charge >= 0.3 is 0 Å². The van der Waals surface area contributed by atoms with Crippen LogP contribution in [0.5, 0.6) is 0 Å². The van der Waals surface area contributed by atoms with Crippen LogP contribution in [-0.2, 0) is 0 Å². The molecule has 1 aliphatic heterocycles. The lowest BCUT2D eigenvalue weighted by Gasteiger charge is -2.11. The van der Waals surface area contributed by atoms with Gasteiger partial charge in [0.05, 0.1) is 23.6 Å². The number of rotatable bonds is 11. The van der Waals surface area contributed by atoms with Crippen molar-refractivity contribution in [2.45, 2.75) is 32.2 Å². The average Bonchev–Trinajstić information content (AvgIpc) is 3.57. The largest absolute Gasteiger partial charge is 0.376 e. The van der Waals surface area contributed by atoms with Gasteiger partial charge in [0, 0.05) is 18.7 Å². The van der Waals surface area contributed by atoms with Gasteiger partial charge in [-0.25, -0.2) is 4.98 Å². The van der Waals surface area contributed by atoms with Crippen LogP contribution >= 0.6 is 15.9 Å². The molecule has 3 aromatic rings. The summed E-state index contributed by atoms with van der Waals surface area (Å²) in [5.74, 6) is 1.03. The highest BCUT2D eigenvalue weighted by Crippen LogP contribution is 2.28. The van der Waals surface area contributed by atoms with E-state index in [4.69, 9.17) is 0 Å². The summed E-state index contributed by atoms with van der Waals surface area (Å²) in [5, 5.41) is 10.2. The highest BCUT2D eigenvalue weighted by atomic mass is 79.9. The van der Waals surface area contributed by atoms with Crippen molar-refractivity contribution in [1.82, 2.24) is 25.9 Å². The molecule has 0 spiro atoms. The SMILES string of the molecule is C=N/C(=C(/Br)NCCNCCC)c1ccc(-c2ccc(-c3cnc(C4CCCN4)[nH]3)cc2)cc1. The molecule has 4 rings (SSSR count). The Balaban J connectivity index is 1.42. The molecule has 7 heteroatoms. The predicted octanol–water partition coefficient (Wildman–Crippen LogP) is 5.48. The average molecular weight is 522 g/mol. The predicted molar refractivity (Wildman–Crippen MR) is 146 cm³/mol. The van der Waals surface area contributed by atoms with Gasteiger partial charge in [-0.2, -0.15) is 0 Å². The molecule has 178 valence electrons. The summed E-state index contributed by atoms with van der Waals surface area (Å²) in [6.07, 6.45) is 5.41. The highest BCUT2D eigenvalue weighted by molar-refractivity contribution is 9.11. The number of benzene rings is 2. The zero-order valence-corrected chi connectivity index (χ0v) is 21.3. The topological polar surface area (TPSA) is 77.1 Å². The Labute approximate surface area is 210 Å². The molecule has 1 atom stereocenters. The van der Waals surface area contributed by atoms with E-state index >= 15 is 0 Å². The quantitative estimate of drug-likeness (QED) is 0.153. The number of aromatic nitrogens is 2. The van der Waals surface area contributed by atoms with Gasteiger partial charge in [-0.15, -0.1) is 0 Å². The van der Waals surface area contributed by atoms with Crippen molar-refractivity contribution < 1.29 is 0 Å². The Hall–Kier alpha value is -2.74. The molecule has 1 fully saturated rings. The number of H-pyrrole nitrogens is 1. The Morgan fingerprint density at radius 1 is 1.06 bits per heavy atom. The van der Waals surface area contributed by atoms with E-state index in [1.165, 1.54) is 12.0 Å². The van der Waals surface area contributed by atoms with Gasteiger partial charge in [-0.3, -0.25) is 4.99 Å². The van der Waals surface area contributed by atoms with Crippen molar-refractivity contribution >= 4 is 28.3 Å². The third-order valence-electron chi connectivity index (χ3n) is 6.05. The molecule has 4 N–H and O–H groups in total. The zero-order chi connectivity index (χ0) is 23.8. The first-order valence-electron chi connectivity index (χ1n) is 12.0. The van der Waals surface area contributed by atoms with Crippen molar-refractivity contribution in [3.05, 3.63) is 70.7 Å². The van der Waals surface area contributed by atoms with E-state index < -0.39 is 0 Å². The number of aliphatic imine (C=N–C) groups is 1. The monoisotopic (exact) mass is 520 g/mol. The first kappa shape index (κ1) is 24.4. The van der Waals surface area contributed by atoms with Crippen molar-refractivity contribution in [2.24, 2.45) is 4.99 Å². The molecule has 0 saturated carbocycles. The molecule has 1 aromatic heterocycles. The van der Waals surface area contributed by atoms with Crippen LogP contribution in [-0.4, -0.2) is 42.9 Å². The second-order valence-electron chi connectivity index (χ2n) is 8.48. The van der Waals surface area contributed by atoms with Crippen LogP contribution in [0, 0.1) is 0 Å². The first-order chi connectivity index (χ1) is 16.7. The van der Waals surface area contributed by atoms with E-state index in [0.717, 1.165) is 77.5 Å². The molecular weight excluding hydrogens is 488 g/mol. The van der Waals surface area contributed by atoms with Crippen LogP contribution in [0.2, 0.25) is 0 Å². The number of nitrogens with one attached hydrogen (secondary N) is 4. The minimum absolute atomic E-state index is 0.350. The van der Waals surface area contributed by atoms with Gasteiger partial charge in [0.25, 0.3) is 0 Å². The van der Waals surface area contributed by atoms with E-state index in [2.05, 4.69) is 109 Å². The summed E-state index contributed by atoms with van der Waals surface area (Å²) in [6.45, 7) is 9.74. The van der Waals surface area contributed by atoms with Gasteiger partial charge in [-0.05, 0) is 71.7 Å². The molecule has 1 saturated heterocycles. The Morgan fingerprint density at radius 2 is 1.76 bits per heavy atom. The van der Waals surface area contributed by atoms with E-state index in [1.54, 1.807) is 0 Å². The van der Waals surface area contributed by atoms with Crippen molar-refractivity contribution in [3.63, 3.8) is 0 Å². The zero-order valence-electron chi connectivity index (χ0n) is 19.7. The first-order valence-corrected chi connectivity index (χ1v) is 12.8. The lowest BCUT2D eigenvalue weighted by atomic mass is 10.0.